The molecule has 0 unspecified atom stereocenters. The van der Waals surface area contributed by atoms with Crippen LogP contribution in [0.5, 0.6) is 0 Å². The highest BCUT2D eigenvalue weighted by atomic mass is 35.5. The molecule has 2 aromatic carbocycles. The third-order valence-electron chi connectivity index (χ3n) is 3.81. The Morgan fingerprint density at radius 2 is 2.04 bits per heavy atom. The highest BCUT2D eigenvalue weighted by Gasteiger charge is 2.22. The molecule has 1 amide bonds. The summed E-state index contributed by atoms with van der Waals surface area (Å²) in [6.07, 6.45) is 1.72. The fraction of sp³-hybridized carbons (Fsp3) is 0.105. The molecule has 1 aromatic heterocycles. The molecule has 28 heavy (non-hydrogen) atoms. The van der Waals surface area contributed by atoms with Crippen LogP contribution >= 0.6 is 34.9 Å². The molecule has 1 heterocycles. The molecule has 0 aliphatic carbocycles. The van der Waals surface area contributed by atoms with Crippen LogP contribution in [0.3, 0.4) is 0 Å². The van der Waals surface area contributed by atoms with E-state index in [4.69, 9.17) is 16.9 Å². The van der Waals surface area contributed by atoms with Gasteiger partial charge in [-0.05, 0) is 30.3 Å². The van der Waals surface area contributed by atoms with Crippen molar-refractivity contribution in [2.75, 3.05) is 11.2 Å². The number of thiazole rings is 1. The van der Waals surface area contributed by atoms with Crippen molar-refractivity contribution in [1.29, 1.82) is 5.26 Å². The third-order valence-corrected chi connectivity index (χ3v) is 5.48. The van der Waals surface area contributed by atoms with Gasteiger partial charge in [-0.15, -0.1) is 0 Å². The Bertz CT molecular complexity index is 1030. The number of carbonyl (C=O) groups is 1. The normalized spacial score (nSPS) is 10.4. The van der Waals surface area contributed by atoms with E-state index < -0.39 is 5.91 Å². The van der Waals surface area contributed by atoms with Crippen molar-refractivity contribution in [1.82, 2.24) is 9.71 Å². The molecule has 9 heteroatoms. The van der Waals surface area contributed by atoms with Crippen molar-refractivity contribution >= 4 is 51.6 Å². The summed E-state index contributed by atoms with van der Waals surface area (Å²) in [7, 11) is 0. The van der Waals surface area contributed by atoms with E-state index in [9.17, 15) is 9.18 Å². The minimum atomic E-state index is -0.398. The Kier molecular flexibility index (Phi) is 6.52. The number of halogens is 2. The predicted molar refractivity (Wildman–Crippen MR) is 112 cm³/mol. The number of anilines is 2. The lowest BCUT2D eigenvalue weighted by molar-refractivity contribution is 0.0980. The number of aromatic nitrogens is 1. The molecule has 3 rings (SSSR count). The van der Waals surface area contributed by atoms with Gasteiger partial charge in [0.25, 0.3) is 5.91 Å². The van der Waals surface area contributed by atoms with Gasteiger partial charge < -0.3 is 4.90 Å². The average Bonchev–Trinajstić information content (AvgIpc) is 3.09. The summed E-state index contributed by atoms with van der Waals surface area (Å²) in [6.45, 7) is 0.187. The van der Waals surface area contributed by atoms with E-state index in [1.165, 1.54) is 6.07 Å². The van der Waals surface area contributed by atoms with Gasteiger partial charge in [0.15, 0.2) is 10.8 Å². The van der Waals surface area contributed by atoms with Gasteiger partial charge in [0, 0.05) is 17.5 Å². The standard InChI is InChI=1S/C19H14ClFN4OS2/c1-27-24-18(26)16-17(20)28-19(23-16)25(11-13-4-2-3-5-15(13)21)14-8-6-12(10-22)7-9-14/h2-9H,11H2,1H3,(H,24,26). The van der Waals surface area contributed by atoms with Crippen molar-refractivity contribution < 1.29 is 9.18 Å². The van der Waals surface area contributed by atoms with Crippen LogP contribution in [0.1, 0.15) is 21.6 Å². The second-order valence-electron chi connectivity index (χ2n) is 5.59. The molecule has 0 aliphatic heterocycles. The zero-order chi connectivity index (χ0) is 20.1. The third kappa shape index (κ3) is 4.44. The van der Waals surface area contributed by atoms with E-state index in [0.717, 1.165) is 23.3 Å². The maximum Gasteiger partial charge on any atom is 0.282 e. The zero-order valence-electron chi connectivity index (χ0n) is 14.6. The SMILES string of the molecule is CSNC(=O)c1nc(N(Cc2ccccc2F)c2ccc(C#N)cc2)sc1Cl. The number of nitriles is 1. The number of nitrogens with one attached hydrogen (secondary N) is 1. The zero-order valence-corrected chi connectivity index (χ0v) is 17.0. The summed E-state index contributed by atoms with van der Waals surface area (Å²) >= 11 is 8.51. The lowest BCUT2D eigenvalue weighted by Crippen LogP contribution is -2.19. The largest absolute Gasteiger partial charge is 0.313 e. The average molecular weight is 433 g/mol. The van der Waals surface area contributed by atoms with E-state index in [1.807, 2.05) is 0 Å². The molecule has 0 bridgehead atoms. The molecule has 5 nitrogen and oxygen atoms in total. The first-order valence-corrected chi connectivity index (χ1v) is 10.5. The van der Waals surface area contributed by atoms with Crippen LogP contribution in [0.25, 0.3) is 0 Å². The maximum atomic E-state index is 14.2. The minimum absolute atomic E-state index is 0.114. The van der Waals surface area contributed by atoms with Gasteiger partial charge in [-0.1, -0.05) is 53.1 Å². The topological polar surface area (TPSA) is 69.0 Å². The molecule has 142 valence electrons. The quantitative estimate of drug-likeness (QED) is 0.545. The Morgan fingerprint density at radius 1 is 1.32 bits per heavy atom. The van der Waals surface area contributed by atoms with Crippen molar-refractivity contribution in [2.45, 2.75) is 6.54 Å². The highest BCUT2D eigenvalue weighted by Crippen LogP contribution is 2.36. The van der Waals surface area contributed by atoms with E-state index in [-0.39, 0.29) is 22.4 Å². The first-order valence-electron chi connectivity index (χ1n) is 8.04. The van der Waals surface area contributed by atoms with E-state index in [0.29, 0.717) is 21.9 Å². The molecule has 0 saturated heterocycles. The van der Waals surface area contributed by atoms with Gasteiger partial charge in [-0.2, -0.15) is 5.26 Å². The number of hydrogen-bond acceptors (Lipinski definition) is 6. The summed E-state index contributed by atoms with van der Waals surface area (Å²) < 4.78 is 17.1. The number of amides is 1. The first-order chi connectivity index (χ1) is 13.5. The Balaban J connectivity index is 2.03. The second-order valence-corrected chi connectivity index (χ2v) is 7.78. The molecule has 3 aromatic rings. The summed E-state index contributed by atoms with van der Waals surface area (Å²) in [5.74, 6) is -0.741. The minimum Gasteiger partial charge on any atom is -0.313 e. The molecule has 0 saturated carbocycles. The van der Waals surface area contributed by atoms with Crippen molar-refractivity contribution in [3.63, 3.8) is 0 Å². The molecule has 0 radical (unpaired) electrons. The van der Waals surface area contributed by atoms with Crippen LogP contribution < -0.4 is 9.62 Å². The van der Waals surface area contributed by atoms with Gasteiger partial charge >= 0.3 is 0 Å². The molecular formula is C19H14ClFN4OS2. The first kappa shape index (κ1) is 20.1. The van der Waals surface area contributed by atoms with Crippen LogP contribution in [0.2, 0.25) is 4.34 Å². The van der Waals surface area contributed by atoms with Gasteiger partial charge in [0.2, 0.25) is 0 Å². The molecule has 0 aliphatic rings. The molecule has 0 atom stereocenters. The van der Waals surface area contributed by atoms with E-state index in [2.05, 4.69) is 15.8 Å². The van der Waals surface area contributed by atoms with Gasteiger partial charge in [-0.25, -0.2) is 9.37 Å². The number of rotatable bonds is 6. The maximum absolute atomic E-state index is 14.2. The Labute approximate surface area is 174 Å². The summed E-state index contributed by atoms with van der Waals surface area (Å²) in [5.41, 5.74) is 1.78. The lowest BCUT2D eigenvalue weighted by atomic mass is 10.1. The molecule has 0 spiro atoms. The summed E-state index contributed by atoms with van der Waals surface area (Å²) in [6, 6.07) is 15.3. The summed E-state index contributed by atoms with van der Waals surface area (Å²) in [5, 5.41) is 9.47. The number of benzene rings is 2. The monoisotopic (exact) mass is 432 g/mol. The molecule has 1 N–H and O–H groups in total. The van der Waals surface area contributed by atoms with Crippen LogP contribution in [0.4, 0.5) is 15.2 Å². The summed E-state index contributed by atoms with van der Waals surface area (Å²) in [4.78, 5) is 18.3. The van der Waals surface area contributed by atoms with Crippen molar-refractivity contribution in [2.24, 2.45) is 0 Å². The fourth-order valence-corrected chi connectivity index (χ4v) is 3.90. The van der Waals surface area contributed by atoms with Crippen LogP contribution in [-0.4, -0.2) is 17.1 Å². The van der Waals surface area contributed by atoms with Crippen molar-refractivity contribution in [3.8, 4) is 6.07 Å². The molecular weight excluding hydrogens is 419 g/mol. The lowest BCUT2D eigenvalue weighted by Gasteiger charge is -2.22. The van der Waals surface area contributed by atoms with Crippen LogP contribution in [0, 0.1) is 17.1 Å². The Morgan fingerprint density at radius 3 is 2.68 bits per heavy atom. The van der Waals surface area contributed by atoms with Gasteiger partial charge in [-0.3, -0.25) is 9.52 Å². The van der Waals surface area contributed by atoms with E-state index >= 15 is 0 Å². The van der Waals surface area contributed by atoms with Gasteiger partial charge in [0.1, 0.15) is 10.2 Å². The van der Waals surface area contributed by atoms with Crippen molar-refractivity contribution in [3.05, 3.63) is 75.5 Å². The fourth-order valence-electron chi connectivity index (χ4n) is 2.47. The smallest absolute Gasteiger partial charge is 0.282 e. The molecule has 0 fully saturated rings. The second kappa shape index (κ2) is 9.06. The van der Waals surface area contributed by atoms with Crippen LogP contribution in [0.15, 0.2) is 48.5 Å². The number of nitrogens with zero attached hydrogens (tertiary/aromatic N) is 3. The highest BCUT2D eigenvalue weighted by molar-refractivity contribution is 7.97. The van der Waals surface area contributed by atoms with Crippen LogP contribution in [-0.2, 0) is 6.54 Å². The number of hydrogen-bond donors (Lipinski definition) is 1. The number of carbonyl (C=O) groups excluding carboxylic acids is 1. The predicted octanol–water partition coefficient (Wildman–Crippen LogP) is 5.15. The van der Waals surface area contributed by atoms with Gasteiger partial charge in [0.05, 0.1) is 18.2 Å². The Hall–Kier alpha value is -2.60. The van der Waals surface area contributed by atoms with E-state index in [1.54, 1.807) is 53.6 Å².